The maximum atomic E-state index is 12.4. The first-order valence-electron chi connectivity index (χ1n) is 8.30. The zero-order valence-electron chi connectivity index (χ0n) is 14.6. The second-order valence-electron chi connectivity index (χ2n) is 6.92. The predicted molar refractivity (Wildman–Crippen MR) is 101 cm³/mol. The number of halogens is 1. The molecule has 132 valence electrons. The number of rotatable bonds is 4. The molecule has 0 radical (unpaired) electrons. The van der Waals surface area contributed by atoms with Gasteiger partial charge in [-0.3, -0.25) is 4.79 Å². The zero-order valence-corrected chi connectivity index (χ0v) is 16.2. The third-order valence-electron chi connectivity index (χ3n) is 4.21. The summed E-state index contributed by atoms with van der Waals surface area (Å²) in [6.45, 7) is 6.03. The first-order chi connectivity index (χ1) is 11.8. The summed E-state index contributed by atoms with van der Waals surface area (Å²) in [6.07, 6.45) is 0.715. The molecule has 3 rings (SSSR count). The fraction of sp³-hybridized carbons (Fsp3) is 0.350. The highest BCUT2D eigenvalue weighted by molar-refractivity contribution is 9.10. The fourth-order valence-electron chi connectivity index (χ4n) is 3.02. The number of aryl methyl sites for hydroxylation is 1. The van der Waals surface area contributed by atoms with Crippen molar-refractivity contribution in [3.05, 3.63) is 58.1 Å². The summed E-state index contributed by atoms with van der Waals surface area (Å²) < 4.78 is 12.6. The molecule has 0 saturated heterocycles. The third kappa shape index (κ3) is 4.34. The molecule has 2 aromatic rings. The average molecular weight is 404 g/mol. The molecular formula is C20H22BrNO3. The molecular weight excluding hydrogens is 382 g/mol. The van der Waals surface area contributed by atoms with Gasteiger partial charge in [0.15, 0.2) is 6.61 Å². The van der Waals surface area contributed by atoms with Crippen LogP contribution in [0.2, 0.25) is 0 Å². The first kappa shape index (κ1) is 17.8. The molecule has 25 heavy (non-hydrogen) atoms. The van der Waals surface area contributed by atoms with Gasteiger partial charge < -0.3 is 14.8 Å². The Hall–Kier alpha value is -2.01. The van der Waals surface area contributed by atoms with Crippen LogP contribution in [0, 0.1) is 6.92 Å². The highest BCUT2D eigenvalue weighted by atomic mass is 79.9. The van der Waals surface area contributed by atoms with Crippen molar-refractivity contribution in [2.75, 3.05) is 6.61 Å². The Bertz CT molecular complexity index is 788. The van der Waals surface area contributed by atoms with Crippen LogP contribution in [0.15, 0.2) is 46.9 Å². The number of ether oxygens (including phenoxy) is 2. The fourth-order valence-corrected chi connectivity index (χ4v) is 3.27. The Balaban J connectivity index is 1.65. The summed E-state index contributed by atoms with van der Waals surface area (Å²) in [5, 5.41) is 3.07. The standard InChI is InChI=1S/C20H22BrNO3/c1-13-10-14(8-9-16(13)21)24-12-19(23)22-17-11-20(2,3)25-18-7-5-4-6-15(17)18/h4-10,17H,11-12H2,1-3H3,(H,22,23)/t17-/m1/s1. The minimum absolute atomic E-state index is 0.0129. The molecule has 1 atom stereocenters. The van der Waals surface area contributed by atoms with Gasteiger partial charge in [-0.15, -0.1) is 0 Å². The van der Waals surface area contributed by atoms with Gasteiger partial charge in [0.25, 0.3) is 5.91 Å². The molecule has 1 amide bonds. The second kappa shape index (κ2) is 7.08. The van der Waals surface area contributed by atoms with Crippen LogP contribution in [-0.2, 0) is 4.79 Å². The Kier molecular flexibility index (Phi) is 5.04. The molecule has 1 heterocycles. The van der Waals surface area contributed by atoms with E-state index in [4.69, 9.17) is 9.47 Å². The van der Waals surface area contributed by atoms with Crippen molar-refractivity contribution < 1.29 is 14.3 Å². The number of fused-ring (bicyclic) bond motifs is 1. The lowest BCUT2D eigenvalue weighted by Gasteiger charge is -2.37. The molecule has 1 aliphatic heterocycles. The van der Waals surface area contributed by atoms with E-state index in [1.807, 2.05) is 63.2 Å². The number of hydrogen-bond acceptors (Lipinski definition) is 3. The number of para-hydroxylation sites is 1. The Morgan fingerprint density at radius 2 is 2.08 bits per heavy atom. The van der Waals surface area contributed by atoms with E-state index in [-0.39, 0.29) is 24.2 Å². The van der Waals surface area contributed by atoms with Gasteiger partial charge in [-0.1, -0.05) is 34.1 Å². The molecule has 5 heteroatoms. The SMILES string of the molecule is Cc1cc(OCC(=O)N[C@@H]2CC(C)(C)Oc3ccccc32)ccc1Br. The number of carbonyl (C=O) groups excluding carboxylic acids is 1. The summed E-state index contributed by atoms with van der Waals surface area (Å²) in [7, 11) is 0. The van der Waals surface area contributed by atoms with Crippen LogP contribution in [0.25, 0.3) is 0 Å². The van der Waals surface area contributed by atoms with Crippen molar-refractivity contribution in [1.82, 2.24) is 5.32 Å². The Labute approximate surface area is 156 Å². The van der Waals surface area contributed by atoms with Gasteiger partial charge in [-0.25, -0.2) is 0 Å². The molecule has 4 nitrogen and oxygen atoms in total. The molecule has 0 unspecified atom stereocenters. The normalized spacial score (nSPS) is 18.0. The number of carbonyl (C=O) groups is 1. The summed E-state index contributed by atoms with van der Waals surface area (Å²) in [5.74, 6) is 1.37. The van der Waals surface area contributed by atoms with Crippen molar-refractivity contribution in [2.24, 2.45) is 0 Å². The highest BCUT2D eigenvalue weighted by Gasteiger charge is 2.34. The van der Waals surface area contributed by atoms with E-state index >= 15 is 0 Å². The highest BCUT2D eigenvalue weighted by Crippen LogP contribution is 2.39. The Morgan fingerprint density at radius 1 is 1.32 bits per heavy atom. The van der Waals surface area contributed by atoms with Crippen LogP contribution in [0.4, 0.5) is 0 Å². The Morgan fingerprint density at radius 3 is 2.84 bits per heavy atom. The lowest BCUT2D eigenvalue weighted by Crippen LogP contribution is -2.42. The van der Waals surface area contributed by atoms with Gasteiger partial charge in [0, 0.05) is 16.5 Å². The number of hydrogen-bond donors (Lipinski definition) is 1. The number of amides is 1. The predicted octanol–water partition coefficient (Wildman–Crippen LogP) is 4.55. The summed E-state index contributed by atoms with van der Waals surface area (Å²) in [5.41, 5.74) is 1.75. The number of benzene rings is 2. The van der Waals surface area contributed by atoms with Gasteiger partial charge in [-0.05, 0) is 50.6 Å². The van der Waals surface area contributed by atoms with Crippen molar-refractivity contribution in [1.29, 1.82) is 0 Å². The minimum atomic E-state index is -0.323. The van der Waals surface area contributed by atoms with Crippen LogP contribution < -0.4 is 14.8 Å². The van der Waals surface area contributed by atoms with Crippen LogP contribution >= 0.6 is 15.9 Å². The van der Waals surface area contributed by atoms with Gasteiger partial charge in [0.2, 0.25) is 0 Å². The summed E-state index contributed by atoms with van der Waals surface area (Å²) in [6, 6.07) is 13.4. The lowest BCUT2D eigenvalue weighted by molar-refractivity contribution is -0.124. The molecule has 0 saturated carbocycles. The smallest absolute Gasteiger partial charge is 0.258 e. The van der Waals surface area contributed by atoms with Gasteiger partial charge in [0.1, 0.15) is 17.1 Å². The van der Waals surface area contributed by atoms with Crippen molar-refractivity contribution in [3.8, 4) is 11.5 Å². The van der Waals surface area contributed by atoms with Crippen LogP contribution in [-0.4, -0.2) is 18.1 Å². The molecule has 0 aromatic heterocycles. The quantitative estimate of drug-likeness (QED) is 0.813. The van der Waals surface area contributed by atoms with E-state index in [1.165, 1.54) is 0 Å². The molecule has 0 spiro atoms. The van der Waals surface area contributed by atoms with Crippen LogP contribution in [0.5, 0.6) is 11.5 Å². The topological polar surface area (TPSA) is 47.6 Å². The molecule has 2 aromatic carbocycles. The van der Waals surface area contributed by atoms with Gasteiger partial charge in [0.05, 0.1) is 6.04 Å². The molecule has 0 fully saturated rings. The summed E-state index contributed by atoms with van der Waals surface area (Å²) in [4.78, 5) is 12.4. The third-order valence-corrected chi connectivity index (χ3v) is 5.10. The van der Waals surface area contributed by atoms with Crippen LogP contribution in [0.3, 0.4) is 0 Å². The summed E-state index contributed by atoms with van der Waals surface area (Å²) >= 11 is 3.45. The average Bonchev–Trinajstić information content (AvgIpc) is 2.55. The van der Waals surface area contributed by atoms with E-state index in [1.54, 1.807) is 0 Å². The second-order valence-corrected chi connectivity index (χ2v) is 7.78. The van der Waals surface area contributed by atoms with Crippen molar-refractivity contribution >= 4 is 21.8 Å². The molecule has 0 aliphatic carbocycles. The zero-order chi connectivity index (χ0) is 18.0. The maximum Gasteiger partial charge on any atom is 0.258 e. The van der Waals surface area contributed by atoms with E-state index in [0.717, 1.165) is 21.3 Å². The number of nitrogens with one attached hydrogen (secondary N) is 1. The van der Waals surface area contributed by atoms with Crippen molar-refractivity contribution in [2.45, 2.75) is 38.8 Å². The lowest BCUT2D eigenvalue weighted by atomic mass is 9.90. The molecule has 1 N–H and O–H groups in total. The van der Waals surface area contributed by atoms with E-state index in [9.17, 15) is 4.79 Å². The first-order valence-corrected chi connectivity index (χ1v) is 9.10. The monoisotopic (exact) mass is 403 g/mol. The molecule has 1 aliphatic rings. The van der Waals surface area contributed by atoms with Crippen molar-refractivity contribution in [3.63, 3.8) is 0 Å². The van der Waals surface area contributed by atoms with Gasteiger partial charge >= 0.3 is 0 Å². The van der Waals surface area contributed by atoms with E-state index in [2.05, 4.69) is 21.2 Å². The minimum Gasteiger partial charge on any atom is -0.487 e. The maximum absolute atomic E-state index is 12.4. The molecule has 0 bridgehead atoms. The largest absolute Gasteiger partial charge is 0.487 e. The van der Waals surface area contributed by atoms with E-state index < -0.39 is 0 Å². The van der Waals surface area contributed by atoms with Gasteiger partial charge in [-0.2, -0.15) is 0 Å². The van der Waals surface area contributed by atoms with E-state index in [0.29, 0.717) is 12.2 Å². The van der Waals surface area contributed by atoms with Crippen LogP contribution in [0.1, 0.15) is 37.4 Å².